The molecular weight excluding hydrogens is 272 g/mol. The van der Waals surface area contributed by atoms with Gasteiger partial charge in [-0.3, -0.25) is 9.67 Å². The van der Waals surface area contributed by atoms with E-state index in [0.717, 1.165) is 42.1 Å². The van der Waals surface area contributed by atoms with E-state index in [1.807, 2.05) is 19.9 Å². The average Bonchev–Trinajstić information content (AvgIpc) is 2.81. The number of aryl methyl sites for hydroxylation is 4. The standard InChI is InChI=1S/C18H22N4/c1-13-12-18(16-7-4-5-8-17(16)20-13)19-9-6-10-22-15(3)11-14(2)21-22/h4-5,7-8,11-12H,6,9-10H2,1-3H3,(H,19,20). The van der Waals surface area contributed by atoms with Gasteiger partial charge in [-0.15, -0.1) is 0 Å². The Bertz CT molecular complexity index is 789. The van der Waals surface area contributed by atoms with E-state index in [9.17, 15) is 0 Å². The van der Waals surface area contributed by atoms with Crippen LogP contribution in [0.4, 0.5) is 5.69 Å². The summed E-state index contributed by atoms with van der Waals surface area (Å²) in [6.45, 7) is 8.04. The van der Waals surface area contributed by atoms with Gasteiger partial charge in [0.1, 0.15) is 0 Å². The van der Waals surface area contributed by atoms with Gasteiger partial charge in [0.25, 0.3) is 0 Å². The summed E-state index contributed by atoms with van der Waals surface area (Å²) in [5, 5.41) is 9.22. The van der Waals surface area contributed by atoms with Crippen molar-refractivity contribution in [1.29, 1.82) is 0 Å². The maximum absolute atomic E-state index is 4.57. The molecule has 4 heteroatoms. The Kier molecular flexibility index (Phi) is 4.09. The van der Waals surface area contributed by atoms with E-state index in [4.69, 9.17) is 0 Å². The molecule has 0 saturated carbocycles. The highest BCUT2D eigenvalue weighted by molar-refractivity contribution is 5.91. The summed E-state index contributed by atoms with van der Waals surface area (Å²) >= 11 is 0. The zero-order valence-corrected chi connectivity index (χ0v) is 13.4. The molecule has 0 saturated heterocycles. The van der Waals surface area contributed by atoms with Gasteiger partial charge < -0.3 is 5.32 Å². The molecule has 1 aromatic carbocycles. The van der Waals surface area contributed by atoms with Gasteiger partial charge in [0, 0.05) is 35.6 Å². The average molecular weight is 294 g/mol. The van der Waals surface area contributed by atoms with Gasteiger partial charge >= 0.3 is 0 Å². The third-order valence-corrected chi connectivity index (χ3v) is 3.81. The van der Waals surface area contributed by atoms with E-state index < -0.39 is 0 Å². The minimum Gasteiger partial charge on any atom is -0.384 e. The number of anilines is 1. The fraction of sp³-hybridized carbons (Fsp3) is 0.333. The lowest BCUT2D eigenvalue weighted by Gasteiger charge is -2.11. The van der Waals surface area contributed by atoms with Crippen LogP contribution in [-0.4, -0.2) is 21.3 Å². The third-order valence-electron chi connectivity index (χ3n) is 3.81. The molecule has 114 valence electrons. The van der Waals surface area contributed by atoms with Crippen LogP contribution in [0.2, 0.25) is 0 Å². The summed E-state index contributed by atoms with van der Waals surface area (Å²) in [6, 6.07) is 12.5. The van der Waals surface area contributed by atoms with E-state index in [2.05, 4.69) is 57.3 Å². The summed E-state index contributed by atoms with van der Waals surface area (Å²) in [5.41, 5.74) is 5.56. The molecule has 2 heterocycles. The summed E-state index contributed by atoms with van der Waals surface area (Å²) in [4.78, 5) is 4.57. The predicted molar refractivity (Wildman–Crippen MR) is 91.3 cm³/mol. The quantitative estimate of drug-likeness (QED) is 0.727. The normalized spacial score (nSPS) is 11.0. The molecule has 0 aliphatic rings. The van der Waals surface area contributed by atoms with Crippen molar-refractivity contribution in [3.63, 3.8) is 0 Å². The van der Waals surface area contributed by atoms with Gasteiger partial charge in [-0.2, -0.15) is 5.10 Å². The van der Waals surface area contributed by atoms with E-state index in [1.165, 1.54) is 11.1 Å². The first kappa shape index (κ1) is 14.6. The molecule has 0 aliphatic heterocycles. The van der Waals surface area contributed by atoms with Crippen molar-refractivity contribution >= 4 is 16.6 Å². The van der Waals surface area contributed by atoms with Crippen molar-refractivity contribution in [3.05, 3.63) is 53.5 Å². The molecule has 0 unspecified atom stereocenters. The van der Waals surface area contributed by atoms with E-state index >= 15 is 0 Å². The fourth-order valence-electron chi connectivity index (χ4n) is 2.81. The topological polar surface area (TPSA) is 42.7 Å². The molecule has 0 radical (unpaired) electrons. The number of para-hydroxylation sites is 1. The van der Waals surface area contributed by atoms with Crippen molar-refractivity contribution in [3.8, 4) is 0 Å². The Balaban J connectivity index is 1.65. The van der Waals surface area contributed by atoms with Crippen LogP contribution in [0.3, 0.4) is 0 Å². The van der Waals surface area contributed by atoms with Crippen LogP contribution in [0, 0.1) is 20.8 Å². The van der Waals surface area contributed by atoms with Crippen molar-refractivity contribution < 1.29 is 0 Å². The van der Waals surface area contributed by atoms with Gasteiger partial charge in [-0.25, -0.2) is 0 Å². The molecule has 4 nitrogen and oxygen atoms in total. The van der Waals surface area contributed by atoms with Gasteiger partial charge in [-0.05, 0) is 45.4 Å². The molecule has 1 N–H and O–H groups in total. The van der Waals surface area contributed by atoms with Crippen LogP contribution in [0.1, 0.15) is 23.5 Å². The molecule has 0 atom stereocenters. The zero-order valence-electron chi connectivity index (χ0n) is 13.4. The lowest BCUT2D eigenvalue weighted by Crippen LogP contribution is -2.09. The molecular formula is C18H22N4. The smallest absolute Gasteiger partial charge is 0.0725 e. The number of hydrogen-bond donors (Lipinski definition) is 1. The largest absolute Gasteiger partial charge is 0.384 e. The van der Waals surface area contributed by atoms with Gasteiger partial charge in [0.05, 0.1) is 11.2 Å². The molecule has 0 bridgehead atoms. The van der Waals surface area contributed by atoms with E-state index in [0.29, 0.717) is 0 Å². The number of hydrogen-bond acceptors (Lipinski definition) is 3. The van der Waals surface area contributed by atoms with Crippen LogP contribution >= 0.6 is 0 Å². The second-order valence-electron chi connectivity index (χ2n) is 5.76. The van der Waals surface area contributed by atoms with Gasteiger partial charge in [0.2, 0.25) is 0 Å². The Hall–Kier alpha value is -2.36. The van der Waals surface area contributed by atoms with E-state index in [1.54, 1.807) is 0 Å². The van der Waals surface area contributed by atoms with Crippen LogP contribution in [-0.2, 0) is 6.54 Å². The molecule has 3 rings (SSSR count). The maximum atomic E-state index is 4.57. The van der Waals surface area contributed by atoms with Gasteiger partial charge in [0.15, 0.2) is 0 Å². The lowest BCUT2D eigenvalue weighted by atomic mass is 10.1. The number of pyridine rings is 1. The zero-order chi connectivity index (χ0) is 15.5. The van der Waals surface area contributed by atoms with Crippen LogP contribution < -0.4 is 5.32 Å². The Morgan fingerprint density at radius 2 is 1.86 bits per heavy atom. The second kappa shape index (κ2) is 6.18. The van der Waals surface area contributed by atoms with Crippen molar-refractivity contribution in [2.45, 2.75) is 33.7 Å². The highest BCUT2D eigenvalue weighted by Gasteiger charge is 2.04. The molecule has 0 spiro atoms. The second-order valence-corrected chi connectivity index (χ2v) is 5.76. The predicted octanol–water partition coefficient (Wildman–Crippen LogP) is 3.86. The lowest BCUT2D eigenvalue weighted by molar-refractivity contribution is 0.574. The van der Waals surface area contributed by atoms with Crippen LogP contribution in [0.15, 0.2) is 36.4 Å². The molecule has 0 aliphatic carbocycles. The first-order chi connectivity index (χ1) is 10.6. The monoisotopic (exact) mass is 294 g/mol. The summed E-state index contributed by atoms with van der Waals surface area (Å²) < 4.78 is 2.08. The van der Waals surface area contributed by atoms with E-state index in [-0.39, 0.29) is 0 Å². The Morgan fingerprint density at radius 1 is 1.05 bits per heavy atom. The van der Waals surface area contributed by atoms with Crippen LogP contribution in [0.25, 0.3) is 10.9 Å². The van der Waals surface area contributed by atoms with Gasteiger partial charge in [-0.1, -0.05) is 18.2 Å². The number of aromatic nitrogens is 3. The minimum atomic E-state index is 0.922. The Labute approximate surface area is 131 Å². The minimum absolute atomic E-state index is 0.922. The molecule has 0 amide bonds. The van der Waals surface area contributed by atoms with Crippen molar-refractivity contribution in [2.75, 3.05) is 11.9 Å². The highest BCUT2D eigenvalue weighted by Crippen LogP contribution is 2.22. The first-order valence-corrected chi connectivity index (χ1v) is 7.75. The third kappa shape index (κ3) is 3.11. The summed E-state index contributed by atoms with van der Waals surface area (Å²) in [5.74, 6) is 0. The Morgan fingerprint density at radius 3 is 2.64 bits per heavy atom. The fourth-order valence-corrected chi connectivity index (χ4v) is 2.81. The first-order valence-electron chi connectivity index (χ1n) is 7.75. The highest BCUT2D eigenvalue weighted by atomic mass is 15.3. The number of nitrogens with zero attached hydrogens (tertiary/aromatic N) is 3. The molecule has 22 heavy (non-hydrogen) atoms. The molecule has 2 aromatic heterocycles. The SMILES string of the molecule is Cc1cc(NCCCn2nc(C)cc2C)c2ccccc2n1. The number of fused-ring (bicyclic) bond motifs is 1. The summed E-state index contributed by atoms with van der Waals surface area (Å²) in [7, 11) is 0. The van der Waals surface area contributed by atoms with Crippen molar-refractivity contribution in [1.82, 2.24) is 14.8 Å². The molecule has 0 fully saturated rings. The summed E-state index contributed by atoms with van der Waals surface area (Å²) in [6.07, 6.45) is 1.04. The maximum Gasteiger partial charge on any atom is 0.0725 e. The van der Waals surface area contributed by atoms with Crippen LogP contribution in [0.5, 0.6) is 0 Å². The molecule has 3 aromatic rings. The number of nitrogens with one attached hydrogen (secondary N) is 1. The number of benzene rings is 1. The number of rotatable bonds is 5. The van der Waals surface area contributed by atoms with Crippen molar-refractivity contribution in [2.24, 2.45) is 0 Å².